The van der Waals surface area contributed by atoms with Crippen LogP contribution in [0.15, 0.2) is 23.1 Å². The molecule has 1 aromatic carbocycles. The quantitative estimate of drug-likeness (QED) is 0.508. The van der Waals surface area contributed by atoms with E-state index >= 15 is 0 Å². The molecule has 0 amide bonds. The molecule has 4 heteroatoms. The predicted octanol–water partition coefficient (Wildman–Crippen LogP) is 3.60. The fourth-order valence-electron chi connectivity index (χ4n) is 0.951. The largest absolute Gasteiger partial charge is 0.294 e. The first-order chi connectivity index (χ1) is 6.15. The Morgan fingerprint density at radius 3 is 2.77 bits per heavy atom. The second-order valence-electron chi connectivity index (χ2n) is 2.53. The maximum absolute atomic E-state index is 11.4. The van der Waals surface area contributed by atoms with Crippen LogP contribution in [-0.4, -0.2) is 11.1 Å². The van der Waals surface area contributed by atoms with Crippen molar-refractivity contribution in [2.45, 2.75) is 11.3 Å². The molecule has 0 saturated carbocycles. The molecule has 0 unspecified atom stereocenters. The highest BCUT2D eigenvalue weighted by atomic mass is 79.9. The SMILES string of the molecule is O=C(CCBr)c1ccc(S)cc1Cl. The number of carbonyl (C=O) groups is 1. The number of benzene rings is 1. The zero-order chi connectivity index (χ0) is 9.84. The molecule has 13 heavy (non-hydrogen) atoms. The van der Waals surface area contributed by atoms with Crippen LogP contribution >= 0.6 is 40.2 Å². The van der Waals surface area contributed by atoms with Gasteiger partial charge in [0.25, 0.3) is 0 Å². The summed E-state index contributed by atoms with van der Waals surface area (Å²) in [7, 11) is 0. The Balaban J connectivity index is 2.95. The van der Waals surface area contributed by atoms with E-state index in [9.17, 15) is 4.79 Å². The van der Waals surface area contributed by atoms with Crippen molar-refractivity contribution in [2.75, 3.05) is 5.33 Å². The lowest BCUT2D eigenvalue weighted by atomic mass is 10.1. The predicted molar refractivity (Wildman–Crippen MR) is 61.4 cm³/mol. The number of hydrogen-bond acceptors (Lipinski definition) is 2. The molecule has 1 rings (SSSR count). The van der Waals surface area contributed by atoms with Crippen molar-refractivity contribution in [1.29, 1.82) is 0 Å². The summed E-state index contributed by atoms with van der Waals surface area (Å²) in [5.74, 6) is 0.0511. The Bertz CT molecular complexity index is 327. The third kappa shape index (κ3) is 3.01. The first-order valence-corrected chi connectivity index (χ1v) is 5.67. The van der Waals surface area contributed by atoms with Crippen LogP contribution < -0.4 is 0 Å². The van der Waals surface area contributed by atoms with Gasteiger partial charge in [0.15, 0.2) is 5.78 Å². The molecule has 0 aliphatic heterocycles. The molecule has 0 fully saturated rings. The van der Waals surface area contributed by atoms with Gasteiger partial charge in [0, 0.05) is 22.2 Å². The second kappa shape index (κ2) is 5.03. The number of rotatable bonds is 3. The number of ketones is 1. The van der Waals surface area contributed by atoms with Crippen LogP contribution in [0.25, 0.3) is 0 Å². The summed E-state index contributed by atoms with van der Waals surface area (Å²) < 4.78 is 0. The van der Waals surface area contributed by atoms with Crippen molar-refractivity contribution in [3.63, 3.8) is 0 Å². The number of alkyl halides is 1. The van der Waals surface area contributed by atoms with E-state index in [1.165, 1.54) is 0 Å². The minimum Gasteiger partial charge on any atom is -0.294 e. The summed E-state index contributed by atoms with van der Waals surface area (Å²) in [5.41, 5.74) is 0.568. The highest BCUT2D eigenvalue weighted by Gasteiger charge is 2.08. The molecule has 0 heterocycles. The van der Waals surface area contributed by atoms with E-state index in [0.717, 1.165) is 4.90 Å². The van der Waals surface area contributed by atoms with E-state index in [1.807, 2.05) is 0 Å². The first kappa shape index (κ1) is 11.1. The number of hydrogen-bond donors (Lipinski definition) is 1. The summed E-state index contributed by atoms with van der Waals surface area (Å²) in [5, 5.41) is 1.13. The zero-order valence-electron chi connectivity index (χ0n) is 6.76. The van der Waals surface area contributed by atoms with Gasteiger partial charge in [-0.25, -0.2) is 0 Å². The van der Waals surface area contributed by atoms with Crippen LogP contribution in [0.3, 0.4) is 0 Å². The maximum Gasteiger partial charge on any atom is 0.165 e. The Kier molecular flexibility index (Phi) is 4.29. The molecule has 0 radical (unpaired) electrons. The van der Waals surface area contributed by atoms with Gasteiger partial charge in [-0.05, 0) is 18.2 Å². The van der Waals surface area contributed by atoms with Crippen LogP contribution in [0.4, 0.5) is 0 Å². The van der Waals surface area contributed by atoms with Crippen molar-refractivity contribution in [3.05, 3.63) is 28.8 Å². The Labute approximate surface area is 96.0 Å². The van der Waals surface area contributed by atoms with Crippen molar-refractivity contribution in [3.8, 4) is 0 Å². The third-order valence-corrected chi connectivity index (χ3v) is 2.56. The van der Waals surface area contributed by atoms with Crippen molar-refractivity contribution in [1.82, 2.24) is 0 Å². The number of thiol groups is 1. The van der Waals surface area contributed by atoms with Gasteiger partial charge in [-0.3, -0.25) is 4.79 Å². The molecule has 1 nitrogen and oxygen atoms in total. The van der Waals surface area contributed by atoms with E-state index in [0.29, 0.717) is 22.3 Å². The summed E-state index contributed by atoms with van der Waals surface area (Å²) in [4.78, 5) is 12.2. The molecule has 0 bridgehead atoms. The standard InChI is InChI=1S/C9H8BrClOS/c10-4-3-9(12)7-2-1-6(13)5-8(7)11/h1-2,5,13H,3-4H2. The van der Waals surface area contributed by atoms with E-state index in [2.05, 4.69) is 28.6 Å². The maximum atomic E-state index is 11.4. The van der Waals surface area contributed by atoms with Gasteiger partial charge < -0.3 is 0 Å². The van der Waals surface area contributed by atoms with Crippen LogP contribution in [-0.2, 0) is 0 Å². The van der Waals surface area contributed by atoms with Gasteiger partial charge in [0.05, 0.1) is 5.02 Å². The van der Waals surface area contributed by atoms with Crippen LogP contribution in [0.1, 0.15) is 16.8 Å². The fourth-order valence-corrected chi connectivity index (χ4v) is 1.88. The third-order valence-electron chi connectivity index (χ3n) is 1.57. The molecule has 70 valence electrons. The van der Waals surface area contributed by atoms with Crippen molar-refractivity contribution >= 4 is 45.9 Å². The number of halogens is 2. The number of Topliss-reactive ketones (excluding diaryl/α,β-unsaturated/α-hetero) is 1. The minimum absolute atomic E-state index is 0.0511. The minimum atomic E-state index is 0.0511. The van der Waals surface area contributed by atoms with E-state index in [-0.39, 0.29) is 5.78 Å². The van der Waals surface area contributed by atoms with E-state index in [4.69, 9.17) is 11.6 Å². The molecule has 0 saturated heterocycles. The summed E-state index contributed by atoms with van der Waals surface area (Å²) in [6.07, 6.45) is 0.464. The molecule has 0 N–H and O–H groups in total. The van der Waals surface area contributed by atoms with Gasteiger partial charge in [0.1, 0.15) is 0 Å². The molecule has 0 atom stereocenters. The molecular weight excluding hydrogens is 272 g/mol. The number of carbonyl (C=O) groups excluding carboxylic acids is 1. The normalized spacial score (nSPS) is 10.1. The zero-order valence-corrected chi connectivity index (χ0v) is 9.99. The average molecular weight is 280 g/mol. The topological polar surface area (TPSA) is 17.1 Å². The molecule has 1 aromatic rings. The molecule has 0 aliphatic carbocycles. The van der Waals surface area contributed by atoms with E-state index in [1.54, 1.807) is 18.2 Å². The Morgan fingerprint density at radius 1 is 1.54 bits per heavy atom. The van der Waals surface area contributed by atoms with Crippen LogP contribution in [0, 0.1) is 0 Å². The molecule has 0 aliphatic rings. The van der Waals surface area contributed by atoms with Gasteiger partial charge in [-0.15, -0.1) is 12.6 Å². The van der Waals surface area contributed by atoms with E-state index < -0.39 is 0 Å². The van der Waals surface area contributed by atoms with Gasteiger partial charge in [0.2, 0.25) is 0 Å². The van der Waals surface area contributed by atoms with Crippen molar-refractivity contribution < 1.29 is 4.79 Å². The second-order valence-corrected chi connectivity index (χ2v) is 4.24. The smallest absolute Gasteiger partial charge is 0.165 e. The van der Waals surface area contributed by atoms with Crippen LogP contribution in [0.5, 0.6) is 0 Å². The lowest BCUT2D eigenvalue weighted by Gasteiger charge is -2.02. The highest BCUT2D eigenvalue weighted by Crippen LogP contribution is 2.21. The average Bonchev–Trinajstić information content (AvgIpc) is 2.04. The molecule has 0 aromatic heterocycles. The Morgan fingerprint density at radius 2 is 2.23 bits per heavy atom. The summed E-state index contributed by atoms with van der Waals surface area (Å²) in [6, 6.07) is 5.14. The van der Waals surface area contributed by atoms with Gasteiger partial charge in [-0.1, -0.05) is 27.5 Å². The summed E-state index contributed by atoms with van der Waals surface area (Å²) >= 11 is 13.2. The van der Waals surface area contributed by atoms with Crippen molar-refractivity contribution in [2.24, 2.45) is 0 Å². The van der Waals surface area contributed by atoms with Crippen LogP contribution in [0.2, 0.25) is 5.02 Å². The summed E-state index contributed by atoms with van der Waals surface area (Å²) in [6.45, 7) is 0. The Hall–Kier alpha value is 0.01000. The lowest BCUT2D eigenvalue weighted by Crippen LogP contribution is -2.00. The monoisotopic (exact) mass is 278 g/mol. The molecular formula is C9H8BrClOS. The first-order valence-electron chi connectivity index (χ1n) is 3.73. The highest BCUT2D eigenvalue weighted by molar-refractivity contribution is 9.09. The fraction of sp³-hybridized carbons (Fsp3) is 0.222. The molecule has 0 spiro atoms. The lowest BCUT2D eigenvalue weighted by molar-refractivity contribution is 0.0990. The van der Waals surface area contributed by atoms with Gasteiger partial charge in [-0.2, -0.15) is 0 Å². The van der Waals surface area contributed by atoms with Gasteiger partial charge >= 0.3 is 0 Å².